The zero-order valence-electron chi connectivity index (χ0n) is 8.06. The van der Waals surface area contributed by atoms with Gasteiger partial charge in [0.2, 0.25) is 0 Å². The van der Waals surface area contributed by atoms with E-state index < -0.39 is 6.10 Å². The van der Waals surface area contributed by atoms with E-state index >= 15 is 0 Å². The fourth-order valence-electron chi connectivity index (χ4n) is 1.46. The summed E-state index contributed by atoms with van der Waals surface area (Å²) < 4.78 is 4.94. The Morgan fingerprint density at radius 3 is 2.87 bits per heavy atom. The van der Waals surface area contributed by atoms with Crippen molar-refractivity contribution in [1.29, 1.82) is 0 Å². The van der Waals surface area contributed by atoms with Crippen LogP contribution in [0.5, 0.6) is 0 Å². The molecule has 2 rings (SSSR count). The summed E-state index contributed by atoms with van der Waals surface area (Å²) in [4.78, 5) is 0. The molecule has 0 aliphatic heterocycles. The molecule has 1 atom stereocenters. The number of hydrogen-bond acceptors (Lipinski definition) is 2. The van der Waals surface area contributed by atoms with Crippen LogP contribution in [0.1, 0.15) is 17.2 Å². The lowest BCUT2D eigenvalue weighted by Crippen LogP contribution is -2.00. The van der Waals surface area contributed by atoms with Crippen LogP contribution in [0, 0.1) is 0 Å². The quantitative estimate of drug-likeness (QED) is 0.865. The Balaban J connectivity index is 2.11. The van der Waals surface area contributed by atoms with Gasteiger partial charge in [-0.25, -0.2) is 0 Å². The summed E-state index contributed by atoms with van der Waals surface area (Å²) in [7, 11) is 0. The zero-order chi connectivity index (χ0) is 10.7. The van der Waals surface area contributed by atoms with Gasteiger partial charge in [-0.1, -0.05) is 23.7 Å². The average molecular weight is 223 g/mol. The van der Waals surface area contributed by atoms with E-state index in [0.29, 0.717) is 11.4 Å². The van der Waals surface area contributed by atoms with E-state index in [-0.39, 0.29) is 0 Å². The molecule has 2 aromatic rings. The van der Waals surface area contributed by atoms with Crippen molar-refractivity contribution in [3.05, 3.63) is 59.0 Å². The summed E-state index contributed by atoms with van der Waals surface area (Å²) in [6.07, 6.45) is 3.23. The molecule has 1 unspecified atom stereocenters. The predicted octanol–water partition coefficient (Wildman–Crippen LogP) is 3.21. The molecule has 0 bridgehead atoms. The molecule has 1 N–H and O–H groups in total. The number of hydrogen-bond donors (Lipinski definition) is 1. The Kier molecular flexibility index (Phi) is 3.09. The number of rotatable bonds is 3. The third-order valence-electron chi connectivity index (χ3n) is 2.24. The van der Waals surface area contributed by atoms with Crippen LogP contribution in [0.25, 0.3) is 0 Å². The van der Waals surface area contributed by atoms with E-state index in [0.717, 1.165) is 11.1 Å². The summed E-state index contributed by atoms with van der Waals surface area (Å²) in [5, 5.41) is 10.6. The summed E-state index contributed by atoms with van der Waals surface area (Å²) in [6, 6.07) is 9.09. The smallest absolute Gasteiger partial charge is 0.0935 e. The fourth-order valence-corrected chi connectivity index (χ4v) is 1.66. The van der Waals surface area contributed by atoms with Gasteiger partial charge < -0.3 is 9.52 Å². The maximum Gasteiger partial charge on any atom is 0.0935 e. The molecule has 1 aromatic carbocycles. The number of halogens is 1. The molecule has 1 heterocycles. The van der Waals surface area contributed by atoms with Gasteiger partial charge in [0.1, 0.15) is 0 Å². The molecule has 78 valence electrons. The number of aliphatic hydroxyl groups excluding tert-OH is 1. The fraction of sp³-hybridized carbons (Fsp3) is 0.167. The van der Waals surface area contributed by atoms with Gasteiger partial charge in [-0.05, 0) is 29.3 Å². The Morgan fingerprint density at radius 1 is 1.33 bits per heavy atom. The molecule has 0 fully saturated rings. The number of benzene rings is 1. The number of aliphatic hydroxyl groups is 1. The first kappa shape index (κ1) is 10.3. The van der Waals surface area contributed by atoms with E-state index in [9.17, 15) is 5.11 Å². The molecular weight excluding hydrogens is 212 g/mol. The standard InChI is InChI=1S/C12H11ClO2/c13-11-3-1-2-10(7-11)12(14)6-9-4-5-15-8-9/h1-5,7-8,12,14H,6H2. The Morgan fingerprint density at radius 2 is 2.20 bits per heavy atom. The van der Waals surface area contributed by atoms with Crippen molar-refractivity contribution in [2.75, 3.05) is 0 Å². The van der Waals surface area contributed by atoms with Gasteiger partial charge in [0.15, 0.2) is 0 Å². The van der Waals surface area contributed by atoms with Crippen molar-refractivity contribution in [3.8, 4) is 0 Å². The van der Waals surface area contributed by atoms with Gasteiger partial charge >= 0.3 is 0 Å². The molecule has 0 aliphatic carbocycles. The lowest BCUT2D eigenvalue weighted by atomic mass is 10.0. The van der Waals surface area contributed by atoms with Crippen LogP contribution in [0.15, 0.2) is 47.3 Å². The lowest BCUT2D eigenvalue weighted by molar-refractivity contribution is 0.178. The Bertz CT molecular complexity index is 423. The molecule has 0 spiro atoms. The minimum atomic E-state index is -0.540. The summed E-state index contributed by atoms with van der Waals surface area (Å²) in [5.41, 5.74) is 1.80. The van der Waals surface area contributed by atoms with E-state index in [1.807, 2.05) is 18.2 Å². The maximum atomic E-state index is 9.92. The highest BCUT2D eigenvalue weighted by Crippen LogP contribution is 2.21. The molecule has 0 amide bonds. The monoisotopic (exact) mass is 222 g/mol. The van der Waals surface area contributed by atoms with Crippen LogP contribution < -0.4 is 0 Å². The predicted molar refractivity (Wildman–Crippen MR) is 58.8 cm³/mol. The van der Waals surface area contributed by atoms with Gasteiger partial charge in [-0.15, -0.1) is 0 Å². The van der Waals surface area contributed by atoms with E-state index in [4.69, 9.17) is 16.0 Å². The minimum Gasteiger partial charge on any atom is -0.472 e. The third kappa shape index (κ3) is 2.61. The lowest BCUT2D eigenvalue weighted by Gasteiger charge is -2.09. The summed E-state index contributed by atoms with van der Waals surface area (Å²) in [5.74, 6) is 0. The van der Waals surface area contributed by atoms with Crippen molar-refractivity contribution in [3.63, 3.8) is 0 Å². The molecule has 15 heavy (non-hydrogen) atoms. The highest BCUT2D eigenvalue weighted by atomic mass is 35.5. The molecule has 1 aromatic heterocycles. The molecular formula is C12H11ClO2. The summed E-state index contributed by atoms with van der Waals surface area (Å²) >= 11 is 5.84. The third-order valence-corrected chi connectivity index (χ3v) is 2.48. The molecule has 0 saturated heterocycles. The van der Waals surface area contributed by atoms with Gasteiger partial charge in [0, 0.05) is 11.4 Å². The van der Waals surface area contributed by atoms with Crippen LogP contribution in [0.2, 0.25) is 5.02 Å². The van der Waals surface area contributed by atoms with Crippen LogP contribution in [0.3, 0.4) is 0 Å². The normalized spacial score (nSPS) is 12.7. The van der Waals surface area contributed by atoms with Crippen molar-refractivity contribution >= 4 is 11.6 Å². The van der Waals surface area contributed by atoms with E-state index in [1.54, 1.807) is 24.7 Å². The summed E-state index contributed by atoms with van der Waals surface area (Å²) in [6.45, 7) is 0. The zero-order valence-corrected chi connectivity index (χ0v) is 8.82. The minimum absolute atomic E-state index is 0.539. The Labute approximate surface area is 93.1 Å². The van der Waals surface area contributed by atoms with Crippen molar-refractivity contribution in [2.45, 2.75) is 12.5 Å². The van der Waals surface area contributed by atoms with Gasteiger partial charge in [-0.3, -0.25) is 0 Å². The highest BCUT2D eigenvalue weighted by Gasteiger charge is 2.09. The Hall–Kier alpha value is -1.25. The first-order valence-electron chi connectivity index (χ1n) is 4.70. The van der Waals surface area contributed by atoms with Crippen LogP contribution in [-0.4, -0.2) is 5.11 Å². The van der Waals surface area contributed by atoms with Crippen molar-refractivity contribution in [2.24, 2.45) is 0 Å². The van der Waals surface area contributed by atoms with Crippen molar-refractivity contribution < 1.29 is 9.52 Å². The second-order valence-electron chi connectivity index (χ2n) is 3.41. The van der Waals surface area contributed by atoms with Crippen LogP contribution in [0.4, 0.5) is 0 Å². The second kappa shape index (κ2) is 4.51. The average Bonchev–Trinajstić information content (AvgIpc) is 2.70. The van der Waals surface area contributed by atoms with Gasteiger partial charge in [0.25, 0.3) is 0 Å². The highest BCUT2D eigenvalue weighted by molar-refractivity contribution is 6.30. The molecule has 3 heteroatoms. The van der Waals surface area contributed by atoms with E-state index in [1.165, 1.54) is 0 Å². The van der Waals surface area contributed by atoms with Crippen LogP contribution >= 0.6 is 11.6 Å². The molecule has 0 aliphatic rings. The first-order valence-corrected chi connectivity index (χ1v) is 5.08. The van der Waals surface area contributed by atoms with E-state index in [2.05, 4.69) is 0 Å². The topological polar surface area (TPSA) is 33.4 Å². The molecule has 0 saturated carbocycles. The molecule has 0 radical (unpaired) electrons. The largest absolute Gasteiger partial charge is 0.472 e. The van der Waals surface area contributed by atoms with Crippen molar-refractivity contribution in [1.82, 2.24) is 0 Å². The maximum absolute atomic E-state index is 9.92. The second-order valence-corrected chi connectivity index (χ2v) is 3.84. The van der Waals surface area contributed by atoms with Gasteiger partial charge in [-0.2, -0.15) is 0 Å². The number of furan rings is 1. The SMILES string of the molecule is OC(Cc1ccoc1)c1cccc(Cl)c1. The first-order chi connectivity index (χ1) is 7.25. The van der Waals surface area contributed by atoms with Gasteiger partial charge in [0.05, 0.1) is 18.6 Å². The van der Waals surface area contributed by atoms with Crippen LogP contribution in [-0.2, 0) is 6.42 Å². The molecule has 2 nitrogen and oxygen atoms in total.